The summed E-state index contributed by atoms with van der Waals surface area (Å²) in [6, 6.07) is 21.4. The number of rotatable bonds is 6. The molecule has 0 aliphatic heterocycles. The summed E-state index contributed by atoms with van der Waals surface area (Å²) in [5.74, 6) is 0.412. The standard InChI is InChI=1S/C27H28N2O3/c1-18-12-14-20(15-13-18)24-16-22(19-8-4-2-5-9-19)23(17-28)26(29-24)32-25(27(30)31)21-10-6-3-7-11-21/h3,6-7,10-16,19,25,27,30-31H,2,4-5,8-9H2,1H3. The summed E-state index contributed by atoms with van der Waals surface area (Å²) in [5, 5.41) is 30.1. The van der Waals surface area contributed by atoms with Gasteiger partial charge < -0.3 is 14.9 Å². The van der Waals surface area contributed by atoms with Crippen LogP contribution in [0, 0.1) is 18.3 Å². The molecule has 5 heteroatoms. The molecular weight excluding hydrogens is 400 g/mol. The van der Waals surface area contributed by atoms with Crippen molar-refractivity contribution in [1.29, 1.82) is 5.26 Å². The molecule has 1 fully saturated rings. The fraction of sp³-hybridized carbons (Fsp3) is 0.333. The van der Waals surface area contributed by atoms with Gasteiger partial charge in [-0.05, 0) is 42.9 Å². The molecule has 1 unspecified atom stereocenters. The number of benzene rings is 2. The second kappa shape index (κ2) is 9.95. The third-order valence-corrected chi connectivity index (χ3v) is 6.16. The van der Waals surface area contributed by atoms with Gasteiger partial charge in [-0.15, -0.1) is 0 Å². The van der Waals surface area contributed by atoms with Crippen LogP contribution in [0.4, 0.5) is 0 Å². The largest absolute Gasteiger partial charge is 0.463 e. The van der Waals surface area contributed by atoms with Gasteiger partial charge in [-0.3, -0.25) is 0 Å². The number of nitriles is 1. The lowest BCUT2D eigenvalue weighted by atomic mass is 9.82. The fourth-order valence-corrected chi connectivity index (χ4v) is 4.41. The van der Waals surface area contributed by atoms with E-state index in [0.717, 1.165) is 48.1 Å². The third kappa shape index (κ3) is 4.83. The van der Waals surface area contributed by atoms with Crippen LogP contribution in [0.1, 0.15) is 66.4 Å². The monoisotopic (exact) mass is 428 g/mol. The summed E-state index contributed by atoms with van der Waals surface area (Å²) < 4.78 is 6.07. The molecule has 0 amide bonds. The number of aryl methyl sites for hydroxylation is 1. The Morgan fingerprint density at radius 1 is 1.00 bits per heavy atom. The Morgan fingerprint density at radius 2 is 1.69 bits per heavy atom. The topological polar surface area (TPSA) is 86.4 Å². The lowest BCUT2D eigenvalue weighted by Gasteiger charge is -2.26. The Bertz CT molecular complexity index is 1080. The van der Waals surface area contributed by atoms with Crippen LogP contribution in [0.15, 0.2) is 60.7 Å². The maximum absolute atomic E-state index is 10.1. The van der Waals surface area contributed by atoms with Crippen LogP contribution < -0.4 is 4.74 Å². The summed E-state index contributed by atoms with van der Waals surface area (Å²) in [6.07, 6.45) is 2.72. The van der Waals surface area contributed by atoms with Gasteiger partial charge in [0.15, 0.2) is 12.4 Å². The predicted molar refractivity (Wildman–Crippen MR) is 123 cm³/mol. The summed E-state index contributed by atoms with van der Waals surface area (Å²) in [4.78, 5) is 4.68. The van der Waals surface area contributed by atoms with E-state index in [4.69, 9.17) is 4.74 Å². The quantitative estimate of drug-likeness (QED) is 0.513. The van der Waals surface area contributed by atoms with Gasteiger partial charge >= 0.3 is 0 Å². The van der Waals surface area contributed by atoms with E-state index in [1.165, 1.54) is 6.42 Å². The first kappa shape index (κ1) is 22.0. The fourth-order valence-electron chi connectivity index (χ4n) is 4.41. The van der Waals surface area contributed by atoms with Crippen molar-refractivity contribution >= 4 is 0 Å². The van der Waals surface area contributed by atoms with Crippen molar-refractivity contribution < 1.29 is 14.9 Å². The average molecular weight is 429 g/mol. The van der Waals surface area contributed by atoms with Gasteiger partial charge in [-0.2, -0.15) is 5.26 Å². The summed E-state index contributed by atoms with van der Waals surface area (Å²) in [6.45, 7) is 2.03. The second-order valence-corrected chi connectivity index (χ2v) is 8.45. The normalized spacial score (nSPS) is 15.3. The summed E-state index contributed by atoms with van der Waals surface area (Å²) in [5.41, 5.74) is 4.73. The molecule has 32 heavy (non-hydrogen) atoms. The number of ether oxygens (including phenoxy) is 1. The second-order valence-electron chi connectivity index (χ2n) is 8.45. The molecule has 2 N–H and O–H groups in total. The van der Waals surface area contributed by atoms with E-state index < -0.39 is 12.4 Å². The minimum atomic E-state index is -1.76. The number of nitrogens with zero attached hydrogens (tertiary/aromatic N) is 2. The smallest absolute Gasteiger partial charge is 0.233 e. The van der Waals surface area contributed by atoms with E-state index in [9.17, 15) is 15.5 Å². The first-order valence-corrected chi connectivity index (χ1v) is 11.2. The molecule has 164 valence electrons. The van der Waals surface area contributed by atoms with E-state index >= 15 is 0 Å². The molecule has 1 aliphatic rings. The number of aromatic nitrogens is 1. The summed E-state index contributed by atoms with van der Waals surface area (Å²) >= 11 is 0. The molecule has 1 saturated carbocycles. The zero-order valence-electron chi connectivity index (χ0n) is 18.2. The average Bonchev–Trinajstić information content (AvgIpc) is 2.83. The minimum absolute atomic E-state index is 0.146. The van der Waals surface area contributed by atoms with E-state index in [-0.39, 0.29) is 11.8 Å². The molecule has 5 nitrogen and oxygen atoms in total. The van der Waals surface area contributed by atoms with Gasteiger partial charge in [0.2, 0.25) is 5.88 Å². The van der Waals surface area contributed by atoms with Crippen molar-refractivity contribution in [3.05, 3.63) is 82.9 Å². The molecule has 1 heterocycles. The van der Waals surface area contributed by atoms with Gasteiger partial charge in [0.1, 0.15) is 11.6 Å². The van der Waals surface area contributed by atoms with Crippen molar-refractivity contribution in [2.24, 2.45) is 0 Å². The zero-order chi connectivity index (χ0) is 22.5. The van der Waals surface area contributed by atoms with Crippen LogP contribution in [-0.2, 0) is 0 Å². The molecule has 0 spiro atoms. The molecule has 2 aromatic carbocycles. The summed E-state index contributed by atoms with van der Waals surface area (Å²) in [7, 11) is 0. The SMILES string of the molecule is Cc1ccc(-c2cc(C3CCCCC3)c(C#N)c(OC(c3ccccc3)C(O)O)n2)cc1. The van der Waals surface area contributed by atoms with Crippen LogP contribution in [-0.4, -0.2) is 21.5 Å². The number of aliphatic hydroxyl groups is 2. The van der Waals surface area contributed by atoms with Crippen LogP contribution in [0.25, 0.3) is 11.3 Å². The molecule has 1 aromatic heterocycles. The zero-order valence-corrected chi connectivity index (χ0v) is 18.2. The van der Waals surface area contributed by atoms with Crippen LogP contribution in [0.5, 0.6) is 5.88 Å². The Balaban J connectivity index is 1.82. The highest BCUT2D eigenvalue weighted by atomic mass is 16.6. The Morgan fingerprint density at radius 3 is 2.31 bits per heavy atom. The predicted octanol–water partition coefficient (Wildman–Crippen LogP) is 5.41. The molecule has 0 radical (unpaired) electrons. The minimum Gasteiger partial charge on any atom is -0.463 e. The maximum atomic E-state index is 10.1. The van der Waals surface area contributed by atoms with Crippen molar-refractivity contribution in [1.82, 2.24) is 4.98 Å². The molecule has 3 aromatic rings. The van der Waals surface area contributed by atoms with E-state index in [2.05, 4.69) is 11.1 Å². The van der Waals surface area contributed by atoms with Gasteiger partial charge in [0.25, 0.3) is 0 Å². The lowest BCUT2D eigenvalue weighted by Crippen LogP contribution is -2.24. The van der Waals surface area contributed by atoms with Gasteiger partial charge in [0, 0.05) is 5.56 Å². The van der Waals surface area contributed by atoms with Crippen LogP contribution in [0.2, 0.25) is 0 Å². The highest BCUT2D eigenvalue weighted by Crippen LogP contribution is 2.39. The van der Waals surface area contributed by atoms with Crippen LogP contribution >= 0.6 is 0 Å². The number of hydrogen-bond acceptors (Lipinski definition) is 5. The molecule has 0 saturated heterocycles. The molecule has 4 rings (SSSR count). The third-order valence-electron chi connectivity index (χ3n) is 6.16. The highest BCUT2D eigenvalue weighted by molar-refractivity contribution is 5.64. The molecular formula is C27H28N2O3. The van der Waals surface area contributed by atoms with Crippen LogP contribution in [0.3, 0.4) is 0 Å². The van der Waals surface area contributed by atoms with E-state index in [1.807, 2.05) is 55.5 Å². The van der Waals surface area contributed by atoms with Gasteiger partial charge in [0.05, 0.1) is 5.69 Å². The Kier molecular flexibility index (Phi) is 6.84. The molecule has 1 atom stereocenters. The van der Waals surface area contributed by atoms with Crippen molar-refractivity contribution in [2.45, 2.75) is 57.3 Å². The Hall–Kier alpha value is -3.20. The number of pyridine rings is 1. The Labute approximate surface area is 189 Å². The first-order chi connectivity index (χ1) is 15.6. The lowest BCUT2D eigenvalue weighted by molar-refractivity contribution is -0.115. The van der Waals surface area contributed by atoms with Crippen molar-refractivity contribution in [3.8, 4) is 23.2 Å². The van der Waals surface area contributed by atoms with Crippen molar-refractivity contribution in [2.75, 3.05) is 0 Å². The van der Waals surface area contributed by atoms with Crippen molar-refractivity contribution in [3.63, 3.8) is 0 Å². The number of hydrogen-bond donors (Lipinski definition) is 2. The number of aliphatic hydroxyl groups excluding tert-OH is 1. The highest BCUT2D eigenvalue weighted by Gasteiger charge is 2.27. The molecule has 1 aliphatic carbocycles. The first-order valence-electron chi connectivity index (χ1n) is 11.2. The van der Waals surface area contributed by atoms with Gasteiger partial charge in [-0.1, -0.05) is 79.4 Å². The van der Waals surface area contributed by atoms with Gasteiger partial charge in [-0.25, -0.2) is 4.98 Å². The maximum Gasteiger partial charge on any atom is 0.233 e. The van der Waals surface area contributed by atoms with E-state index in [0.29, 0.717) is 11.1 Å². The van der Waals surface area contributed by atoms with E-state index in [1.54, 1.807) is 12.1 Å². The molecule has 0 bridgehead atoms.